The van der Waals surface area contributed by atoms with E-state index in [9.17, 15) is 14.4 Å². The smallest absolute Gasteiger partial charge is 1.00 e. The molecule has 0 fully saturated rings. The maximum absolute atomic E-state index is 10.3. The second-order valence-corrected chi connectivity index (χ2v) is 2.48. The fourth-order valence-corrected chi connectivity index (χ4v) is 0.714. The van der Waals surface area contributed by atoms with Crippen molar-refractivity contribution in [2.24, 2.45) is 0 Å². The minimum absolute atomic E-state index is 0. The van der Waals surface area contributed by atoms with E-state index in [4.69, 9.17) is 20.4 Å². The second kappa shape index (κ2) is 8.16. The summed E-state index contributed by atoms with van der Waals surface area (Å²) in [5.41, 5.74) is -2.74. The Bertz CT molecular complexity index is 243. The van der Waals surface area contributed by atoms with E-state index < -0.39 is 36.4 Å². The largest absolute Gasteiger partial charge is 1.00 e. The first-order valence-electron chi connectivity index (χ1n) is 3.17. The Kier molecular flexibility index (Phi) is 11.1. The van der Waals surface area contributed by atoms with E-state index in [-0.39, 0.29) is 59.0 Å². The van der Waals surface area contributed by atoms with Gasteiger partial charge in [-0.2, -0.15) is 0 Å². The summed E-state index contributed by atoms with van der Waals surface area (Å²) in [6.45, 7) is 0. The van der Waals surface area contributed by atoms with Gasteiger partial charge in [0.15, 0.2) is 5.60 Å². The zero-order valence-corrected chi connectivity index (χ0v) is 11.3. The fourth-order valence-electron chi connectivity index (χ4n) is 0.714. The van der Waals surface area contributed by atoms with Crippen LogP contribution in [0.5, 0.6) is 0 Å². The molecule has 15 heavy (non-hydrogen) atoms. The number of aliphatic carboxylic acids is 3. The van der Waals surface area contributed by atoms with Crippen molar-refractivity contribution in [1.82, 2.24) is 6.15 Å². The second-order valence-electron chi connectivity index (χ2n) is 2.48. The van der Waals surface area contributed by atoms with Crippen LogP contribution in [0.4, 0.5) is 0 Å². The molecule has 84 valence electrons. The summed E-state index contributed by atoms with van der Waals surface area (Å²) < 4.78 is 0. The third-order valence-electron chi connectivity index (χ3n) is 1.29. The Labute approximate surface area is 129 Å². The fraction of sp³-hybridized carbons (Fsp3) is 0.500. The molecule has 0 heterocycles. The van der Waals surface area contributed by atoms with Crippen LogP contribution in [-0.4, -0.2) is 43.9 Å². The minimum atomic E-state index is -2.74. The quantitative estimate of drug-likeness (QED) is 0.307. The van der Waals surface area contributed by atoms with Gasteiger partial charge in [0.1, 0.15) is 0 Å². The summed E-state index contributed by atoms with van der Waals surface area (Å²) in [4.78, 5) is 30.5. The molecule has 0 radical (unpaired) electrons. The van der Waals surface area contributed by atoms with E-state index in [2.05, 4.69) is 0 Å². The van der Waals surface area contributed by atoms with Crippen molar-refractivity contribution in [3.05, 3.63) is 0 Å². The maximum atomic E-state index is 10.3. The molecule has 0 spiro atoms. The Morgan fingerprint density at radius 2 is 1.27 bits per heavy atom. The van der Waals surface area contributed by atoms with Crippen molar-refractivity contribution < 1.29 is 87.6 Å². The van der Waals surface area contributed by atoms with Crippen LogP contribution in [0.15, 0.2) is 0 Å². The van der Waals surface area contributed by atoms with Crippen LogP contribution in [0.1, 0.15) is 14.3 Å². The average Bonchev–Trinajstić information content (AvgIpc) is 1.82. The number of rotatable bonds is 5. The van der Waals surface area contributed by atoms with E-state index in [0.29, 0.717) is 0 Å². The SMILES string of the molecule is N.O=C(O)CC(O)(CC(=O)O)C(=O)O.[H-].[K+]. The molecule has 0 aliphatic heterocycles. The monoisotopic (exact) mass is 249 g/mol. The molecule has 0 rings (SSSR count). The Hall–Kier alpha value is -0.0336. The number of aliphatic hydroxyl groups is 1. The summed E-state index contributed by atoms with van der Waals surface area (Å²) in [7, 11) is 0. The van der Waals surface area contributed by atoms with Crippen LogP contribution in [-0.2, 0) is 14.4 Å². The molecule has 0 atom stereocenters. The van der Waals surface area contributed by atoms with Crippen LogP contribution < -0.4 is 57.5 Å². The van der Waals surface area contributed by atoms with Gasteiger partial charge in [-0.25, -0.2) is 4.79 Å². The van der Waals surface area contributed by atoms with Gasteiger partial charge in [0.25, 0.3) is 0 Å². The van der Waals surface area contributed by atoms with Crippen LogP contribution in [0, 0.1) is 0 Å². The molecule has 0 unspecified atom stereocenters. The molecule has 9 heteroatoms. The first kappa shape index (κ1) is 20.4. The summed E-state index contributed by atoms with van der Waals surface area (Å²) in [6.07, 6.45) is -2.29. The first-order valence-corrected chi connectivity index (χ1v) is 3.17. The molecular formula is C6H12KNO7. The molecule has 0 aromatic heterocycles. The molecule has 0 saturated carbocycles. The molecule has 0 saturated heterocycles. The third-order valence-corrected chi connectivity index (χ3v) is 1.29. The van der Waals surface area contributed by atoms with Gasteiger partial charge in [0.05, 0.1) is 12.8 Å². The zero-order valence-electron chi connectivity index (χ0n) is 9.13. The Balaban J connectivity index is -0.000000240. The van der Waals surface area contributed by atoms with E-state index in [0.717, 1.165) is 0 Å². The summed E-state index contributed by atoms with van der Waals surface area (Å²) in [5.74, 6) is -5.02. The number of hydrogen-bond donors (Lipinski definition) is 5. The topological polar surface area (TPSA) is 167 Å². The predicted molar refractivity (Wildman–Crippen MR) is 43.2 cm³/mol. The molecule has 0 aliphatic carbocycles. The first-order chi connectivity index (χ1) is 5.78. The standard InChI is InChI=1S/C6H8O7.K.H3N.H/c7-3(8)1-6(13,5(11)12)2-4(9)10;;;/h13H,1-2H2,(H,7,8)(H,9,10)(H,11,12);;1H3;/q;+1;;-1. The van der Waals surface area contributed by atoms with E-state index in [1.54, 1.807) is 0 Å². The number of carboxylic acids is 3. The van der Waals surface area contributed by atoms with Gasteiger partial charge in [0, 0.05) is 0 Å². The molecule has 0 aliphatic rings. The van der Waals surface area contributed by atoms with Crippen LogP contribution in [0.25, 0.3) is 0 Å². The minimum Gasteiger partial charge on any atom is -1.00 e. The van der Waals surface area contributed by atoms with Gasteiger partial charge in [-0.3, -0.25) is 9.59 Å². The predicted octanol–water partition coefficient (Wildman–Crippen LogP) is -3.97. The van der Waals surface area contributed by atoms with E-state index >= 15 is 0 Å². The van der Waals surface area contributed by atoms with Gasteiger partial charge in [-0.15, -0.1) is 0 Å². The van der Waals surface area contributed by atoms with Crippen molar-refractivity contribution in [1.29, 1.82) is 0 Å². The van der Waals surface area contributed by atoms with Crippen molar-refractivity contribution in [2.75, 3.05) is 0 Å². The van der Waals surface area contributed by atoms with Crippen molar-refractivity contribution in [3.8, 4) is 0 Å². The van der Waals surface area contributed by atoms with Gasteiger partial charge in [-0.05, 0) is 0 Å². The van der Waals surface area contributed by atoms with Crippen molar-refractivity contribution in [3.63, 3.8) is 0 Å². The van der Waals surface area contributed by atoms with Gasteiger partial charge in [-0.1, -0.05) is 0 Å². The summed E-state index contributed by atoms with van der Waals surface area (Å²) in [6, 6.07) is 0. The number of hydrogen-bond acceptors (Lipinski definition) is 5. The summed E-state index contributed by atoms with van der Waals surface area (Å²) in [5, 5.41) is 33.8. The van der Waals surface area contributed by atoms with Crippen LogP contribution in [0.3, 0.4) is 0 Å². The molecule has 0 aromatic carbocycles. The molecule has 0 aromatic rings. The third kappa shape index (κ3) is 7.85. The Morgan fingerprint density at radius 1 is 1.00 bits per heavy atom. The van der Waals surface area contributed by atoms with Gasteiger partial charge >= 0.3 is 69.3 Å². The van der Waals surface area contributed by atoms with Crippen molar-refractivity contribution in [2.45, 2.75) is 18.4 Å². The molecular weight excluding hydrogens is 237 g/mol. The number of carbonyl (C=O) groups is 3. The van der Waals surface area contributed by atoms with Crippen molar-refractivity contribution >= 4 is 17.9 Å². The zero-order chi connectivity index (χ0) is 10.6. The maximum Gasteiger partial charge on any atom is 1.00 e. The number of carboxylic acid groups (broad SMARTS) is 3. The normalized spacial score (nSPS) is 9.40. The molecule has 8 nitrogen and oxygen atoms in total. The molecule has 7 N–H and O–H groups in total. The van der Waals surface area contributed by atoms with E-state index in [1.807, 2.05) is 0 Å². The molecule has 0 amide bonds. The summed E-state index contributed by atoms with van der Waals surface area (Å²) >= 11 is 0. The van der Waals surface area contributed by atoms with Gasteiger partial charge in [0.2, 0.25) is 0 Å². The molecule has 0 bridgehead atoms. The van der Waals surface area contributed by atoms with Gasteiger partial charge < -0.3 is 28.0 Å². The van der Waals surface area contributed by atoms with E-state index in [1.165, 1.54) is 0 Å². The Morgan fingerprint density at radius 3 is 1.40 bits per heavy atom. The average molecular weight is 249 g/mol. The van der Waals surface area contributed by atoms with Crippen LogP contribution in [0.2, 0.25) is 0 Å². The van der Waals surface area contributed by atoms with Crippen LogP contribution >= 0.6 is 0 Å².